The van der Waals surface area contributed by atoms with Crippen LogP contribution in [0.4, 0.5) is 0 Å². The molecule has 1 N–H and O–H groups in total. The number of H-pyrrole nitrogens is 1. The number of nitrogens with zero attached hydrogens (tertiary/aromatic N) is 1. The minimum Gasteiger partial charge on any atom is -0.267 e. The van der Waals surface area contributed by atoms with Gasteiger partial charge in [-0.1, -0.05) is 36.4 Å². The highest BCUT2D eigenvalue weighted by molar-refractivity contribution is 5.83. The average molecular weight is 264 g/mol. The Kier molecular flexibility index (Phi) is 3.11. The molecule has 3 aromatic rings. The Balaban J connectivity index is 2.09. The molecule has 0 aliphatic heterocycles. The van der Waals surface area contributed by atoms with Gasteiger partial charge in [0.25, 0.3) is 5.56 Å². The second-order valence-electron chi connectivity index (χ2n) is 5.14. The molecule has 1 heterocycles. The van der Waals surface area contributed by atoms with Gasteiger partial charge in [0.15, 0.2) is 0 Å². The predicted molar refractivity (Wildman–Crippen MR) is 81.1 cm³/mol. The molecule has 0 amide bonds. The molecule has 0 aliphatic rings. The lowest BCUT2D eigenvalue weighted by Crippen LogP contribution is -2.11. The van der Waals surface area contributed by atoms with Crippen molar-refractivity contribution in [3.05, 3.63) is 75.2 Å². The lowest BCUT2D eigenvalue weighted by Gasteiger charge is -2.07. The van der Waals surface area contributed by atoms with E-state index in [1.807, 2.05) is 24.3 Å². The number of hydrogen-bond acceptors (Lipinski definition) is 2. The summed E-state index contributed by atoms with van der Waals surface area (Å²) < 4.78 is 0. The van der Waals surface area contributed by atoms with Gasteiger partial charge < -0.3 is 0 Å². The lowest BCUT2D eigenvalue weighted by atomic mass is 10.0. The first-order valence-corrected chi connectivity index (χ1v) is 6.67. The zero-order chi connectivity index (χ0) is 14.1. The fourth-order valence-corrected chi connectivity index (χ4v) is 2.41. The van der Waals surface area contributed by atoms with Crippen molar-refractivity contribution in [1.29, 1.82) is 0 Å². The third-order valence-electron chi connectivity index (χ3n) is 3.72. The summed E-state index contributed by atoms with van der Waals surface area (Å²) in [5.41, 5.74) is 4.54. The maximum Gasteiger partial charge on any atom is 0.272 e. The van der Waals surface area contributed by atoms with Crippen LogP contribution >= 0.6 is 0 Å². The topological polar surface area (TPSA) is 45.8 Å². The summed E-state index contributed by atoms with van der Waals surface area (Å²) in [4.78, 5) is 11.8. The molecule has 0 atom stereocenters. The molecule has 0 fully saturated rings. The molecule has 1 aromatic heterocycles. The van der Waals surface area contributed by atoms with E-state index < -0.39 is 0 Å². The van der Waals surface area contributed by atoms with Crippen LogP contribution in [-0.4, -0.2) is 10.2 Å². The van der Waals surface area contributed by atoms with Gasteiger partial charge in [-0.3, -0.25) is 4.79 Å². The molecule has 0 aliphatic carbocycles. The van der Waals surface area contributed by atoms with Gasteiger partial charge in [0.2, 0.25) is 0 Å². The summed E-state index contributed by atoms with van der Waals surface area (Å²) in [6.45, 7) is 4.21. The minimum absolute atomic E-state index is 0.135. The smallest absolute Gasteiger partial charge is 0.267 e. The molecule has 20 heavy (non-hydrogen) atoms. The molecule has 100 valence electrons. The van der Waals surface area contributed by atoms with E-state index in [0.29, 0.717) is 5.39 Å². The average Bonchev–Trinajstić information content (AvgIpc) is 2.46. The predicted octanol–water partition coefficient (Wildman–Crippen LogP) is 3.13. The van der Waals surface area contributed by atoms with Gasteiger partial charge in [-0.05, 0) is 36.6 Å². The molecule has 0 saturated heterocycles. The van der Waals surface area contributed by atoms with Crippen molar-refractivity contribution < 1.29 is 0 Å². The van der Waals surface area contributed by atoms with Crippen molar-refractivity contribution in [3.8, 4) is 0 Å². The van der Waals surface area contributed by atoms with Gasteiger partial charge in [0.1, 0.15) is 0 Å². The first-order valence-electron chi connectivity index (χ1n) is 6.67. The van der Waals surface area contributed by atoms with Crippen LogP contribution in [0.25, 0.3) is 10.8 Å². The third-order valence-corrected chi connectivity index (χ3v) is 3.72. The molecule has 3 nitrogen and oxygen atoms in total. The lowest BCUT2D eigenvalue weighted by molar-refractivity contribution is 0.933. The van der Waals surface area contributed by atoms with Crippen LogP contribution < -0.4 is 5.56 Å². The van der Waals surface area contributed by atoms with Gasteiger partial charge in [-0.2, -0.15) is 5.10 Å². The van der Waals surface area contributed by atoms with E-state index >= 15 is 0 Å². The van der Waals surface area contributed by atoms with Gasteiger partial charge in [0.05, 0.1) is 11.1 Å². The van der Waals surface area contributed by atoms with E-state index in [0.717, 1.165) is 17.5 Å². The Morgan fingerprint density at radius 3 is 2.50 bits per heavy atom. The minimum atomic E-state index is -0.135. The highest BCUT2D eigenvalue weighted by atomic mass is 16.1. The summed E-state index contributed by atoms with van der Waals surface area (Å²) >= 11 is 0. The normalized spacial score (nSPS) is 10.9. The van der Waals surface area contributed by atoms with E-state index in [4.69, 9.17) is 0 Å². The molecule has 3 rings (SSSR count). The third kappa shape index (κ3) is 2.23. The van der Waals surface area contributed by atoms with Gasteiger partial charge in [0, 0.05) is 11.8 Å². The number of hydrogen-bond donors (Lipinski definition) is 1. The zero-order valence-electron chi connectivity index (χ0n) is 11.6. The van der Waals surface area contributed by atoms with Crippen molar-refractivity contribution in [3.63, 3.8) is 0 Å². The molecule has 3 heteroatoms. The summed E-state index contributed by atoms with van der Waals surface area (Å²) in [7, 11) is 0. The van der Waals surface area contributed by atoms with Crippen LogP contribution in [0.15, 0.2) is 47.3 Å². The van der Waals surface area contributed by atoms with Crippen LogP contribution in [0.3, 0.4) is 0 Å². The highest BCUT2D eigenvalue weighted by Gasteiger charge is 2.07. The van der Waals surface area contributed by atoms with Crippen LogP contribution in [0.5, 0.6) is 0 Å². The van der Waals surface area contributed by atoms with Crippen LogP contribution in [0.2, 0.25) is 0 Å². The van der Waals surface area contributed by atoms with E-state index in [1.165, 1.54) is 16.7 Å². The fraction of sp³-hybridized carbons (Fsp3) is 0.176. The number of aromatic nitrogens is 2. The number of nitrogens with one attached hydrogen (secondary N) is 1. The first kappa shape index (κ1) is 12.6. The Morgan fingerprint density at radius 1 is 1.00 bits per heavy atom. The van der Waals surface area contributed by atoms with Crippen molar-refractivity contribution >= 4 is 10.8 Å². The largest absolute Gasteiger partial charge is 0.272 e. The van der Waals surface area contributed by atoms with E-state index in [9.17, 15) is 4.79 Å². The summed E-state index contributed by atoms with van der Waals surface area (Å²) in [5.74, 6) is 0. The second kappa shape index (κ2) is 4.93. The van der Waals surface area contributed by atoms with Crippen molar-refractivity contribution in [2.75, 3.05) is 0 Å². The number of fused-ring (bicyclic) bond motifs is 1. The summed E-state index contributed by atoms with van der Waals surface area (Å²) in [6, 6.07) is 14.0. The molecule has 0 bridgehead atoms. The molecule has 0 spiro atoms. The van der Waals surface area contributed by atoms with Crippen LogP contribution in [-0.2, 0) is 6.42 Å². The number of benzene rings is 2. The molecular weight excluding hydrogens is 248 g/mol. The summed E-state index contributed by atoms with van der Waals surface area (Å²) in [6.07, 6.45) is 0.721. The van der Waals surface area contributed by atoms with Gasteiger partial charge >= 0.3 is 0 Å². The first-order chi connectivity index (χ1) is 9.65. The maximum atomic E-state index is 11.8. The quantitative estimate of drug-likeness (QED) is 0.773. The van der Waals surface area contributed by atoms with Crippen molar-refractivity contribution in [2.24, 2.45) is 0 Å². The SMILES string of the molecule is Cc1ccc(Cc2n[nH]c(=O)c3ccccc23)cc1C. The Hall–Kier alpha value is -2.42. The standard InChI is InChI=1S/C17H16N2O/c1-11-7-8-13(9-12(11)2)10-16-14-5-3-4-6-15(14)17(20)19-18-16/h3-9H,10H2,1-2H3,(H,19,20). The molecule has 0 unspecified atom stereocenters. The second-order valence-corrected chi connectivity index (χ2v) is 5.14. The van der Waals surface area contributed by atoms with Crippen LogP contribution in [0, 0.1) is 13.8 Å². The number of rotatable bonds is 2. The molecule has 0 saturated carbocycles. The molecule has 0 radical (unpaired) electrons. The fourth-order valence-electron chi connectivity index (χ4n) is 2.41. The van der Waals surface area contributed by atoms with E-state index in [-0.39, 0.29) is 5.56 Å². The summed E-state index contributed by atoms with van der Waals surface area (Å²) in [5, 5.41) is 8.42. The van der Waals surface area contributed by atoms with Gasteiger partial charge in [-0.15, -0.1) is 0 Å². The zero-order valence-corrected chi connectivity index (χ0v) is 11.6. The van der Waals surface area contributed by atoms with E-state index in [2.05, 4.69) is 42.2 Å². The molecular formula is C17H16N2O. The van der Waals surface area contributed by atoms with Crippen molar-refractivity contribution in [1.82, 2.24) is 10.2 Å². The Morgan fingerprint density at radius 2 is 1.75 bits per heavy atom. The van der Waals surface area contributed by atoms with E-state index in [1.54, 1.807) is 0 Å². The monoisotopic (exact) mass is 264 g/mol. The number of aryl methyl sites for hydroxylation is 2. The number of aromatic amines is 1. The van der Waals surface area contributed by atoms with Crippen molar-refractivity contribution in [2.45, 2.75) is 20.3 Å². The highest BCUT2D eigenvalue weighted by Crippen LogP contribution is 2.18. The van der Waals surface area contributed by atoms with Crippen LogP contribution in [0.1, 0.15) is 22.4 Å². The maximum absolute atomic E-state index is 11.8. The van der Waals surface area contributed by atoms with Gasteiger partial charge in [-0.25, -0.2) is 5.10 Å². The Labute approximate surface area is 117 Å². The Bertz CT molecular complexity index is 834. The molecule has 2 aromatic carbocycles.